The van der Waals surface area contributed by atoms with Crippen molar-refractivity contribution in [1.82, 2.24) is 8.80 Å². The average Bonchev–Trinajstić information content (AvgIpc) is 3.50. The normalized spacial score (nSPS) is 12.2. The number of nitrogens with zero attached hydrogens (tertiary/aromatic N) is 2. The van der Waals surface area contributed by atoms with Gasteiger partial charge in [-0.25, -0.2) is 0 Å². The molecule has 2 nitrogen and oxygen atoms in total. The van der Waals surface area contributed by atoms with Crippen molar-refractivity contribution in [3.8, 4) is 22.3 Å². The van der Waals surface area contributed by atoms with E-state index >= 15 is 0 Å². The van der Waals surface area contributed by atoms with Crippen LogP contribution in [0.2, 0.25) is 0 Å². The van der Waals surface area contributed by atoms with Crippen molar-refractivity contribution in [1.29, 1.82) is 0 Å². The molecule has 0 saturated carbocycles. The summed E-state index contributed by atoms with van der Waals surface area (Å²) >= 11 is 0. The minimum Gasteiger partial charge on any atom is -0.305 e. The summed E-state index contributed by atoms with van der Waals surface area (Å²) in [7, 11) is 0. The van der Waals surface area contributed by atoms with Crippen LogP contribution in [0.5, 0.6) is 0 Å². The van der Waals surface area contributed by atoms with Gasteiger partial charge < -0.3 is 8.80 Å². The minimum atomic E-state index is 1.23. The van der Waals surface area contributed by atoms with Crippen LogP contribution in [0.25, 0.3) is 76.9 Å². The zero-order valence-electron chi connectivity index (χ0n) is 20.6. The topological polar surface area (TPSA) is 8.82 Å². The zero-order chi connectivity index (χ0) is 24.8. The largest absolute Gasteiger partial charge is 0.305 e. The molecule has 0 radical (unpaired) electrons. The quantitative estimate of drug-likeness (QED) is 0.217. The van der Waals surface area contributed by atoms with Gasteiger partial charge >= 0.3 is 0 Å². The van der Waals surface area contributed by atoms with E-state index in [1.54, 1.807) is 0 Å². The standard InChI is InChI=1S/C36H22N2/c1-3-9-23(10-4-1)25-15-19-31-29(21-25)27-17-18-28-30-22-26(24-11-5-2-6-12-24)16-20-32(30)38-34-14-8-7-13-33(34)37(31)35(27)36(28)38/h1-22H. The van der Waals surface area contributed by atoms with Gasteiger partial charge in [0, 0.05) is 21.5 Å². The lowest BCUT2D eigenvalue weighted by Gasteiger charge is -2.11. The second kappa shape index (κ2) is 7.24. The van der Waals surface area contributed by atoms with E-state index in [0.717, 1.165) is 0 Å². The van der Waals surface area contributed by atoms with Gasteiger partial charge in [0.1, 0.15) is 0 Å². The van der Waals surface area contributed by atoms with Gasteiger partial charge in [0.15, 0.2) is 0 Å². The van der Waals surface area contributed by atoms with E-state index < -0.39 is 0 Å². The number of aromatic nitrogens is 2. The Hall–Kier alpha value is -5.08. The Morgan fingerprint density at radius 2 is 0.711 bits per heavy atom. The molecular formula is C36H22N2. The Morgan fingerprint density at radius 1 is 0.289 bits per heavy atom. The van der Waals surface area contributed by atoms with Crippen LogP contribution in [0.3, 0.4) is 0 Å². The molecule has 9 rings (SSSR count). The Balaban J connectivity index is 1.48. The highest BCUT2D eigenvalue weighted by atomic mass is 15.0. The fourth-order valence-corrected chi connectivity index (χ4v) is 6.56. The van der Waals surface area contributed by atoms with Crippen LogP contribution in [0.15, 0.2) is 133 Å². The van der Waals surface area contributed by atoms with Gasteiger partial charge in [0.05, 0.1) is 33.1 Å². The van der Waals surface area contributed by atoms with E-state index in [1.165, 1.54) is 76.9 Å². The monoisotopic (exact) mass is 482 g/mol. The van der Waals surface area contributed by atoms with Crippen LogP contribution in [0.1, 0.15) is 0 Å². The molecule has 0 saturated heterocycles. The van der Waals surface area contributed by atoms with Gasteiger partial charge in [-0.2, -0.15) is 0 Å². The van der Waals surface area contributed by atoms with Gasteiger partial charge in [-0.1, -0.05) is 97.1 Å². The van der Waals surface area contributed by atoms with Crippen molar-refractivity contribution in [3.63, 3.8) is 0 Å². The SMILES string of the molecule is c1ccc(-c2ccc3c(c2)c2ccc4c5cc(-c6ccccc6)ccc5n5c6ccccc6n3c2c45)cc1. The number of hydrogen-bond acceptors (Lipinski definition) is 0. The van der Waals surface area contributed by atoms with Crippen molar-refractivity contribution in [3.05, 3.63) is 133 Å². The van der Waals surface area contributed by atoms with E-state index in [0.29, 0.717) is 0 Å². The molecule has 0 aliphatic heterocycles. The van der Waals surface area contributed by atoms with E-state index in [-0.39, 0.29) is 0 Å². The van der Waals surface area contributed by atoms with E-state index in [2.05, 4.69) is 142 Å². The molecule has 2 heteroatoms. The average molecular weight is 483 g/mol. The van der Waals surface area contributed by atoms with Gasteiger partial charge in [-0.05, 0) is 58.7 Å². The molecule has 0 fully saturated rings. The third-order valence-electron chi connectivity index (χ3n) is 8.23. The summed E-state index contributed by atoms with van der Waals surface area (Å²) in [5, 5.41) is 5.18. The molecule has 0 amide bonds. The third-order valence-corrected chi connectivity index (χ3v) is 8.23. The maximum atomic E-state index is 2.48. The molecule has 9 aromatic rings. The third kappa shape index (κ3) is 2.51. The van der Waals surface area contributed by atoms with Crippen molar-refractivity contribution < 1.29 is 0 Å². The second-order valence-electron chi connectivity index (χ2n) is 10.2. The van der Waals surface area contributed by atoms with Crippen LogP contribution in [0.4, 0.5) is 0 Å². The lowest BCUT2D eigenvalue weighted by atomic mass is 10.0. The summed E-state index contributed by atoms with van der Waals surface area (Å²) in [5.74, 6) is 0. The van der Waals surface area contributed by atoms with Crippen LogP contribution in [0, 0.1) is 0 Å². The Kier molecular flexibility index (Phi) is 3.82. The Morgan fingerprint density at radius 3 is 1.16 bits per heavy atom. The molecular weight excluding hydrogens is 460 g/mol. The fraction of sp³-hybridized carbons (Fsp3) is 0. The highest BCUT2D eigenvalue weighted by Crippen LogP contribution is 2.43. The van der Waals surface area contributed by atoms with Crippen LogP contribution < -0.4 is 0 Å². The van der Waals surface area contributed by atoms with Gasteiger partial charge in [0.2, 0.25) is 0 Å². The summed E-state index contributed by atoms with van der Waals surface area (Å²) in [5.41, 5.74) is 12.5. The minimum absolute atomic E-state index is 1.23. The first kappa shape index (κ1) is 20.0. The first-order valence-electron chi connectivity index (χ1n) is 13.1. The van der Waals surface area contributed by atoms with Crippen LogP contribution >= 0.6 is 0 Å². The number of hydrogen-bond donors (Lipinski definition) is 0. The van der Waals surface area contributed by atoms with E-state index in [1.807, 2.05) is 0 Å². The molecule has 0 N–H and O–H groups in total. The molecule has 176 valence electrons. The van der Waals surface area contributed by atoms with Crippen molar-refractivity contribution in [2.75, 3.05) is 0 Å². The van der Waals surface area contributed by atoms with Gasteiger partial charge in [0.25, 0.3) is 0 Å². The summed E-state index contributed by atoms with van der Waals surface area (Å²) in [4.78, 5) is 0. The first-order chi connectivity index (χ1) is 18.9. The number of rotatable bonds is 2. The Bertz CT molecular complexity index is 2150. The molecule has 3 aromatic heterocycles. The second-order valence-corrected chi connectivity index (χ2v) is 10.2. The maximum Gasteiger partial charge on any atom is 0.0789 e. The van der Waals surface area contributed by atoms with Crippen molar-refractivity contribution >= 4 is 54.6 Å². The van der Waals surface area contributed by atoms with Crippen LogP contribution in [-0.2, 0) is 0 Å². The van der Waals surface area contributed by atoms with Crippen LogP contribution in [-0.4, -0.2) is 8.80 Å². The molecule has 3 heterocycles. The Labute approximate surface area is 218 Å². The fourth-order valence-electron chi connectivity index (χ4n) is 6.56. The number of benzene rings is 6. The van der Waals surface area contributed by atoms with E-state index in [9.17, 15) is 0 Å². The van der Waals surface area contributed by atoms with Crippen molar-refractivity contribution in [2.24, 2.45) is 0 Å². The highest BCUT2D eigenvalue weighted by molar-refractivity contribution is 6.25. The predicted octanol–water partition coefficient (Wildman–Crippen LogP) is 9.58. The highest BCUT2D eigenvalue weighted by Gasteiger charge is 2.22. The summed E-state index contributed by atoms with van der Waals surface area (Å²) in [6.07, 6.45) is 0. The van der Waals surface area contributed by atoms with Gasteiger partial charge in [-0.15, -0.1) is 0 Å². The number of para-hydroxylation sites is 2. The lowest BCUT2D eigenvalue weighted by molar-refractivity contribution is 1.26. The summed E-state index contributed by atoms with van der Waals surface area (Å²) < 4.78 is 4.96. The predicted molar refractivity (Wildman–Crippen MR) is 160 cm³/mol. The molecule has 38 heavy (non-hydrogen) atoms. The molecule has 0 atom stereocenters. The maximum absolute atomic E-state index is 2.48. The molecule has 0 spiro atoms. The molecule has 0 aliphatic rings. The number of fused-ring (bicyclic) bond motifs is 9. The zero-order valence-corrected chi connectivity index (χ0v) is 20.6. The lowest BCUT2D eigenvalue weighted by Crippen LogP contribution is -1.96. The smallest absolute Gasteiger partial charge is 0.0789 e. The van der Waals surface area contributed by atoms with Crippen molar-refractivity contribution in [2.45, 2.75) is 0 Å². The summed E-state index contributed by atoms with van der Waals surface area (Å²) in [6.45, 7) is 0. The molecule has 0 unspecified atom stereocenters. The summed E-state index contributed by atoms with van der Waals surface area (Å²) in [6, 6.07) is 48.7. The van der Waals surface area contributed by atoms with Gasteiger partial charge in [-0.3, -0.25) is 0 Å². The first-order valence-corrected chi connectivity index (χ1v) is 13.1. The molecule has 0 bridgehead atoms. The van der Waals surface area contributed by atoms with E-state index in [4.69, 9.17) is 0 Å². The molecule has 0 aliphatic carbocycles. The molecule has 6 aromatic carbocycles.